The van der Waals surface area contributed by atoms with Gasteiger partial charge in [0.2, 0.25) is 0 Å². The first-order chi connectivity index (χ1) is 9.20. The number of aliphatic hydroxyl groups is 1. The minimum atomic E-state index is -0.266. The van der Waals surface area contributed by atoms with Crippen LogP contribution in [0.15, 0.2) is 4.99 Å². The van der Waals surface area contributed by atoms with Crippen molar-refractivity contribution < 1.29 is 5.11 Å². The molecule has 1 N–H and O–H groups in total. The summed E-state index contributed by atoms with van der Waals surface area (Å²) in [5, 5.41) is 9.86. The first-order valence-corrected chi connectivity index (χ1v) is 8.18. The predicted octanol–water partition coefficient (Wildman–Crippen LogP) is 4.03. The van der Waals surface area contributed by atoms with Crippen molar-refractivity contribution in [1.29, 1.82) is 0 Å². The van der Waals surface area contributed by atoms with E-state index < -0.39 is 0 Å². The Morgan fingerprint density at radius 1 is 1.15 bits per heavy atom. The fourth-order valence-corrected chi connectivity index (χ4v) is 2.97. The van der Waals surface area contributed by atoms with E-state index in [-0.39, 0.29) is 24.6 Å². The van der Waals surface area contributed by atoms with Gasteiger partial charge in [-0.1, -0.05) is 46.0 Å². The normalized spacial score (nSPS) is 17.6. The topological polar surface area (TPSA) is 35.8 Å². The van der Waals surface area contributed by atoms with E-state index in [1.807, 2.05) is 6.92 Å². The Hall–Kier alpha value is -0.280. The number of amidine groups is 1. The zero-order valence-corrected chi connectivity index (χ0v) is 14.3. The summed E-state index contributed by atoms with van der Waals surface area (Å²) >= 11 is 0. The maximum atomic E-state index is 9.86. The second-order valence-corrected chi connectivity index (χ2v) is 5.73. The van der Waals surface area contributed by atoms with Crippen molar-refractivity contribution in [3.8, 4) is 0 Å². The van der Waals surface area contributed by atoms with Crippen LogP contribution >= 0.6 is 12.4 Å². The Morgan fingerprint density at radius 3 is 2.40 bits per heavy atom. The van der Waals surface area contributed by atoms with Crippen LogP contribution in [-0.2, 0) is 0 Å². The van der Waals surface area contributed by atoms with Crippen LogP contribution in [0.4, 0.5) is 0 Å². The van der Waals surface area contributed by atoms with Gasteiger partial charge in [-0.3, -0.25) is 4.99 Å². The van der Waals surface area contributed by atoms with Gasteiger partial charge in [0.05, 0.1) is 24.5 Å². The summed E-state index contributed by atoms with van der Waals surface area (Å²) in [5.41, 5.74) is 0. The molecule has 2 atom stereocenters. The van der Waals surface area contributed by atoms with Crippen LogP contribution in [0.5, 0.6) is 0 Å². The highest BCUT2D eigenvalue weighted by Crippen LogP contribution is 2.18. The van der Waals surface area contributed by atoms with E-state index >= 15 is 0 Å². The lowest BCUT2D eigenvalue weighted by Gasteiger charge is -2.32. The van der Waals surface area contributed by atoms with Gasteiger partial charge in [0, 0.05) is 13.0 Å². The smallest absolute Gasteiger partial charge is 0.0993 e. The van der Waals surface area contributed by atoms with Crippen LogP contribution in [0.3, 0.4) is 0 Å². The number of unbranched alkanes of at least 4 members (excludes halogenated alkanes) is 5. The third kappa shape index (κ3) is 6.45. The quantitative estimate of drug-likeness (QED) is 0.618. The van der Waals surface area contributed by atoms with Crippen molar-refractivity contribution in [3.05, 3.63) is 0 Å². The van der Waals surface area contributed by atoms with Crippen molar-refractivity contribution in [2.24, 2.45) is 4.99 Å². The van der Waals surface area contributed by atoms with Crippen LogP contribution in [-0.4, -0.2) is 41.1 Å². The molecule has 0 spiro atoms. The van der Waals surface area contributed by atoms with E-state index in [1.54, 1.807) is 0 Å². The van der Waals surface area contributed by atoms with Crippen molar-refractivity contribution in [3.63, 3.8) is 0 Å². The molecule has 1 rings (SSSR count). The summed E-state index contributed by atoms with van der Waals surface area (Å²) in [6, 6.07) is 0.251. The Bertz CT molecular complexity index is 269. The molecule has 120 valence electrons. The molecule has 1 aliphatic heterocycles. The summed E-state index contributed by atoms with van der Waals surface area (Å²) in [7, 11) is 0. The lowest BCUT2D eigenvalue weighted by Crippen LogP contribution is -2.44. The molecule has 0 amide bonds. The number of aliphatic hydroxyl groups excluding tert-OH is 1. The average Bonchev–Trinajstić information content (AvgIpc) is 2.82. The Balaban J connectivity index is 0.00000361. The minimum Gasteiger partial charge on any atom is -0.391 e. The molecular formula is C16H33ClN2O. The molecule has 0 radical (unpaired) electrons. The number of hydrogen-bond donors (Lipinski definition) is 1. The molecular weight excluding hydrogens is 272 g/mol. The largest absolute Gasteiger partial charge is 0.391 e. The van der Waals surface area contributed by atoms with Gasteiger partial charge in [0.1, 0.15) is 0 Å². The van der Waals surface area contributed by atoms with Crippen LogP contribution in [0.1, 0.15) is 72.1 Å². The lowest BCUT2D eigenvalue weighted by atomic mass is 10.1. The van der Waals surface area contributed by atoms with E-state index in [9.17, 15) is 5.11 Å². The molecule has 0 saturated heterocycles. The van der Waals surface area contributed by atoms with Crippen LogP contribution in [0, 0.1) is 0 Å². The van der Waals surface area contributed by atoms with E-state index in [2.05, 4.69) is 23.7 Å². The van der Waals surface area contributed by atoms with Gasteiger partial charge < -0.3 is 10.0 Å². The fraction of sp³-hybridized carbons (Fsp3) is 0.938. The van der Waals surface area contributed by atoms with Gasteiger partial charge in [-0.25, -0.2) is 0 Å². The van der Waals surface area contributed by atoms with Gasteiger partial charge in [0.15, 0.2) is 0 Å². The number of aliphatic imine (C=N–C) groups is 1. The van der Waals surface area contributed by atoms with Gasteiger partial charge >= 0.3 is 0 Å². The molecule has 0 saturated carbocycles. The van der Waals surface area contributed by atoms with Crippen LogP contribution in [0.2, 0.25) is 0 Å². The van der Waals surface area contributed by atoms with Gasteiger partial charge in [-0.2, -0.15) is 0 Å². The molecule has 0 bridgehead atoms. The number of hydrogen-bond acceptors (Lipinski definition) is 3. The van der Waals surface area contributed by atoms with E-state index in [4.69, 9.17) is 0 Å². The molecule has 1 aliphatic rings. The highest BCUT2D eigenvalue weighted by Gasteiger charge is 2.26. The van der Waals surface area contributed by atoms with E-state index in [0.717, 1.165) is 25.9 Å². The second kappa shape index (κ2) is 11.4. The monoisotopic (exact) mass is 304 g/mol. The van der Waals surface area contributed by atoms with Gasteiger partial charge in [-0.15, -0.1) is 12.4 Å². The Labute approximate surface area is 131 Å². The highest BCUT2D eigenvalue weighted by atomic mass is 35.5. The van der Waals surface area contributed by atoms with E-state index in [1.165, 1.54) is 44.4 Å². The Kier molecular flexibility index (Phi) is 11.2. The summed E-state index contributed by atoms with van der Waals surface area (Å²) < 4.78 is 0. The third-order valence-electron chi connectivity index (χ3n) is 4.10. The SMILES string of the molecule is CCCCCCCCC1=NCCN1C(CC)C(C)O.Cl. The molecule has 3 nitrogen and oxygen atoms in total. The van der Waals surface area contributed by atoms with Gasteiger partial charge in [-0.05, 0) is 19.8 Å². The molecule has 0 aliphatic carbocycles. The molecule has 0 fully saturated rings. The van der Waals surface area contributed by atoms with Crippen LogP contribution in [0.25, 0.3) is 0 Å². The summed E-state index contributed by atoms with van der Waals surface area (Å²) in [6.45, 7) is 8.21. The van der Waals surface area contributed by atoms with Crippen molar-refractivity contribution in [2.45, 2.75) is 84.3 Å². The lowest BCUT2D eigenvalue weighted by molar-refractivity contribution is 0.100. The first kappa shape index (κ1) is 19.7. The number of halogens is 1. The maximum Gasteiger partial charge on any atom is 0.0993 e. The molecule has 2 unspecified atom stereocenters. The molecule has 4 heteroatoms. The van der Waals surface area contributed by atoms with Crippen molar-refractivity contribution in [1.82, 2.24) is 4.90 Å². The second-order valence-electron chi connectivity index (χ2n) is 5.73. The minimum absolute atomic E-state index is 0. The first-order valence-electron chi connectivity index (χ1n) is 8.18. The standard InChI is InChI=1S/C16H32N2O.ClH/c1-4-6-7-8-9-10-11-16-17-12-13-18(16)15(5-2)14(3)19;/h14-15,19H,4-13H2,1-3H3;1H. The molecule has 0 aromatic rings. The van der Waals surface area contributed by atoms with E-state index in [0.29, 0.717) is 0 Å². The molecule has 20 heavy (non-hydrogen) atoms. The number of nitrogens with zero attached hydrogens (tertiary/aromatic N) is 2. The molecule has 0 aromatic heterocycles. The van der Waals surface area contributed by atoms with Crippen LogP contribution < -0.4 is 0 Å². The summed E-state index contributed by atoms with van der Waals surface area (Å²) in [4.78, 5) is 6.98. The summed E-state index contributed by atoms with van der Waals surface area (Å²) in [5.74, 6) is 1.24. The van der Waals surface area contributed by atoms with Crippen molar-refractivity contribution >= 4 is 18.2 Å². The predicted molar refractivity (Wildman–Crippen MR) is 90.0 cm³/mol. The Morgan fingerprint density at radius 2 is 1.80 bits per heavy atom. The number of rotatable bonds is 10. The van der Waals surface area contributed by atoms with Gasteiger partial charge in [0.25, 0.3) is 0 Å². The zero-order valence-electron chi connectivity index (χ0n) is 13.5. The van der Waals surface area contributed by atoms with Crippen molar-refractivity contribution in [2.75, 3.05) is 13.1 Å². The third-order valence-corrected chi connectivity index (χ3v) is 4.10. The molecule has 0 aromatic carbocycles. The fourth-order valence-electron chi connectivity index (χ4n) is 2.97. The maximum absolute atomic E-state index is 9.86. The average molecular weight is 305 g/mol. The molecule has 1 heterocycles. The highest BCUT2D eigenvalue weighted by molar-refractivity contribution is 5.85. The summed E-state index contributed by atoms with van der Waals surface area (Å²) in [6.07, 6.45) is 9.79. The zero-order chi connectivity index (χ0) is 14.1.